The second-order valence-corrected chi connectivity index (χ2v) is 5.17. The lowest BCUT2D eigenvalue weighted by molar-refractivity contribution is -0.118. The minimum absolute atomic E-state index is 0.0672. The molecule has 2 amide bonds. The number of hydrazine groups is 1. The molecule has 2 rings (SSSR count). The van der Waals surface area contributed by atoms with Crippen LogP contribution in [0.2, 0.25) is 0 Å². The Morgan fingerprint density at radius 3 is 2.77 bits per heavy atom. The van der Waals surface area contributed by atoms with E-state index in [4.69, 9.17) is 4.74 Å². The molecule has 0 fully saturated rings. The molecule has 0 saturated carbocycles. The van der Waals surface area contributed by atoms with Gasteiger partial charge in [0.25, 0.3) is 11.8 Å². The normalized spacial score (nSPS) is 15.9. The van der Waals surface area contributed by atoms with Gasteiger partial charge < -0.3 is 10.1 Å². The number of hydrogen-bond acceptors (Lipinski definition) is 5. The Morgan fingerprint density at radius 1 is 1.45 bits per heavy atom. The molecule has 0 radical (unpaired) electrons. The molecule has 1 unspecified atom stereocenters. The fraction of sp³-hybridized carbons (Fsp3) is 0.400. The van der Waals surface area contributed by atoms with E-state index in [1.165, 1.54) is 5.01 Å². The number of nitrogens with one attached hydrogen (secondary N) is 2. The molecule has 1 heterocycles. The summed E-state index contributed by atoms with van der Waals surface area (Å²) < 4.78 is 4.97. The monoisotopic (exact) mass is 304 g/mol. The molecule has 7 nitrogen and oxygen atoms in total. The van der Waals surface area contributed by atoms with Gasteiger partial charge in [-0.3, -0.25) is 20.0 Å². The maximum absolute atomic E-state index is 12.1. The molecular weight excluding hydrogens is 284 g/mol. The summed E-state index contributed by atoms with van der Waals surface area (Å²) in [7, 11) is 1.57. The molecule has 1 aromatic rings. The SMILES string of the molecule is COCC(C)NC(=O)C1=NCC(=O)N(c2ccc(C)cc2)N1. The minimum atomic E-state index is -0.367. The maximum Gasteiger partial charge on any atom is 0.288 e. The van der Waals surface area contributed by atoms with Crippen LogP contribution in [0.5, 0.6) is 0 Å². The summed E-state index contributed by atoms with van der Waals surface area (Å²) in [6, 6.07) is 7.28. The Hall–Kier alpha value is -2.41. The van der Waals surface area contributed by atoms with Crippen molar-refractivity contribution in [3.8, 4) is 0 Å². The van der Waals surface area contributed by atoms with Gasteiger partial charge in [0.15, 0.2) is 0 Å². The standard InChI is InChI=1S/C15H20N4O3/c1-10-4-6-12(7-5-10)19-13(20)8-16-14(18-19)15(21)17-11(2)9-22-3/h4-7,11H,8-9H2,1-3H3,(H,16,18)(H,17,21). The van der Waals surface area contributed by atoms with Crippen molar-refractivity contribution >= 4 is 23.3 Å². The topological polar surface area (TPSA) is 83.0 Å². The fourth-order valence-electron chi connectivity index (χ4n) is 2.03. The van der Waals surface area contributed by atoms with Gasteiger partial charge in [0.1, 0.15) is 6.54 Å². The molecule has 0 aliphatic carbocycles. The van der Waals surface area contributed by atoms with Gasteiger partial charge in [0.05, 0.1) is 12.3 Å². The van der Waals surface area contributed by atoms with E-state index in [2.05, 4.69) is 15.7 Å². The van der Waals surface area contributed by atoms with Gasteiger partial charge in [-0.15, -0.1) is 0 Å². The summed E-state index contributed by atoms with van der Waals surface area (Å²) >= 11 is 0. The number of ether oxygens (including phenoxy) is 1. The molecule has 22 heavy (non-hydrogen) atoms. The third kappa shape index (κ3) is 3.82. The maximum atomic E-state index is 12.1. The number of amides is 2. The van der Waals surface area contributed by atoms with Crippen molar-refractivity contribution in [2.45, 2.75) is 19.9 Å². The number of carbonyl (C=O) groups excluding carboxylic acids is 2. The molecule has 1 aromatic carbocycles. The van der Waals surface area contributed by atoms with Crippen LogP contribution in [0.25, 0.3) is 0 Å². The van der Waals surface area contributed by atoms with Crippen molar-refractivity contribution < 1.29 is 14.3 Å². The molecule has 0 bridgehead atoms. The Morgan fingerprint density at radius 2 is 2.14 bits per heavy atom. The number of hydrogen-bond donors (Lipinski definition) is 2. The first kappa shape index (κ1) is 16.0. The molecule has 2 N–H and O–H groups in total. The van der Waals surface area contributed by atoms with Crippen molar-refractivity contribution in [1.82, 2.24) is 10.7 Å². The summed E-state index contributed by atoms with van der Waals surface area (Å²) in [5.74, 6) is -0.470. The molecular formula is C15H20N4O3. The van der Waals surface area contributed by atoms with Crippen LogP contribution in [0.3, 0.4) is 0 Å². The van der Waals surface area contributed by atoms with E-state index in [-0.39, 0.29) is 30.2 Å². The average molecular weight is 304 g/mol. The summed E-state index contributed by atoms with van der Waals surface area (Å²) in [6.45, 7) is 4.13. The first-order valence-corrected chi connectivity index (χ1v) is 7.02. The number of carbonyl (C=O) groups is 2. The van der Waals surface area contributed by atoms with Crippen LogP contribution in [0.1, 0.15) is 12.5 Å². The number of amidine groups is 1. The molecule has 0 aromatic heterocycles. The minimum Gasteiger partial charge on any atom is -0.383 e. The van der Waals surface area contributed by atoms with Gasteiger partial charge in [-0.05, 0) is 26.0 Å². The van der Waals surface area contributed by atoms with Crippen LogP contribution < -0.4 is 15.8 Å². The van der Waals surface area contributed by atoms with Crippen LogP contribution in [0.4, 0.5) is 5.69 Å². The Balaban J connectivity index is 2.08. The number of anilines is 1. The number of methoxy groups -OCH3 is 1. The zero-order chi connectivity index (χ0) is 16.1. The molecule has 0 saturated heterocycles. The van der Waals surface area contributed by atoms with Crippen molar-refractivity contribution in [2.24, 2.45) is 4.99 Å². The lowest BCUT2D eigenvalue weighted by Crippen LogP contribution is -2.56. The first-order valence-electron chi connectivity index (χ1n) is 7.02. The van der Waals surface area contributed by atoms with Gasteiger partial charge >= 0.3 is 0 Å². The van der Waals surface area contributed by atoms with Gasteiger partial charge in [-0.1, -0.05) is 17.7 Å². The third-order valence-electron chi connectivity index (χ3n) is 3.14. The number of rotatable bonds is 5. The molecule has 1 aliphatic heterocycles. The highest BCUT2D eigenvalue weighted by molar-refractivity contribution is 6.39. The van der Waals surface area contributed by atoms with Crippen molar-refractivity contribution in [3.05, 3.63) is 29.8 Å². The zero-order valence-corrected chi connectivity index (χ0v) is 12.9. The van der Waals surface area contributed by atoms with Crippen molar-refractivity contribution in [2.75, 3.05) is 25.3 Å². The lowest BCUT2D eigenvalue weighted by Gasteiger charge is -2.28. The lowest BCUT2D eigenvalue weighted by atomic mass is 10.2. The number of benzene rings is 1. The Bertz CT molecular complexity index is 583. The molecule has 1 atom stereocenters. The van der Waals surface area contributed by atoms with E-state index in [0.717, 1.165) is 5.56 Å². The Labute approximate surface area is 129 Å². The van der Waals surface area contributed by atoms with Gasteiger partial charge in [-0.2, -0.15) is 0 Å². The highest BCUT2D eigenvalue weighted by Gasteiger charge is 2.26. The van der Waals surface area contributed by atoms with Crippen LogP contribution >= 0.6 is 0 Å². The van der Waals surface area contributed by atoms with Crippen LogP contribution in [-0.2, 0) is 14.3 Å². The predicted molar refractivity (Wildman–Crippen MR) is 83.6 cm³/mol. The molecule has 1 aliphatic rings. The Kier molecular flexibility index (Phi) is 5.11. The van der Waals surface area contributed by atoms with Crippen LogP contribution in [-0.4, -0.2) is 44.0 Å². The van der Waals surface area contributed by atoms with E-state index in [9.17, 15) is 9.59 Å². The van der Waals surface area contributed by atoms with Crippen LogP contribution in [0, 0.1) is 6.92 Å². The van der Waals surface area contributed by atoms with Gasteiger partial charge in [-0.25, -0.2) is 5.01 Å². The molecule has 0 spiro atoms. The highest BCUT2D eigenvalue weighted by atomic mass is 16.5. The fourth-order valence-corrected chi connectivity index (χ4v) is 2.03. The van der Waals surface area contributed by atoms with E-state index in [1.54, 1.807) is 7.11 Å². The largest absolute Gasteiger partial charge is 0.383 e. The van der Waals surface area contributed by atoms with Crippen molar-refractivity contribution in [1.29, 1.82) is 0 Å². The second kappa shape index (κ2) is 7.04. The van der Waals surface area contributed by atoms with Crippen molar-refractivity contribution in [3.63, 3.8) is 0 Å². The van der Waals surface area contributed by atoms with Gasteiger partial charge in [0.2, 0.25) is 5.84 Å². The summed E-state index contributed by atoms with van der Waals surface area (Å²) in [4.78, 5) is 28.1. The zero-order valence-electron chi connectivity index (χ0n) is 12.9. The van der Waals surface area contributed by atoms with Gasteiger partial charge in [0, 0.05) is 13.2 Å². The van der Waals surface area contributed by atoms with E-state index >= 15 is 0 Å². The quantitative estimate of drug-likeness (QED) is 0.824. The van der Waals surface area contributed by atoms with E-state index in [1.807, 2.05) is 38.1 Å². The summed E-state index contributed by atoms with van der Waals surface area (Å²) in [6.07, 6.45) is 0. The number of aliphatic imine (C=N–C) groups is 1. The smallest absolute Gasteiger partial charge is 0.288 e. The molecule has 7 heteroatoms. The van der Waals surface area contributed by atoms with Crippen LogP contribution in [0.15, 0.2) is 29.3 Å². The first-order chi connectivity index (χ1) is 10.5. The summed E-state index contributed by atoms with van der Waals surface area (Å²) in [5.41, 5.74) is 4.53. The average Bonchev–Trinajstić information content (AvgIpc) is 2.49. The predicted octanol–water partition coefficient (Wildman–Crippen LogP) is 0.396. The third-order valence-corrected chi connectivity index (χ3v) is 3.14. The van der Waals surface area contributed by atoms with E-state index in [0.29, 0.717) is 12.3 Å². The molecule has 118 valence electrons. The second-order valence-electron chi connectivity index (χ2n) is 5.17. The summed E-state index contributed by atoms with van der Waals surface area (Å²) in [5, 5.41) is 4.09. The number of aryl methyl sites for hydroxylation is 1. The van der Waals surface area contributed by atoms with E-state index < -0.39 is 0 Å². The number of nitrogens with zero attached hydrogens (tertiary/aromatic N) is 2. The highest BCUT2D eigenvalue weighted by Crippen LogP contribution is 2.15.